The zero-order chi connectivity index (χ0) is 24.6. The number of hydrogen-bond donors (Lipinski definition) is 1. The summed E-state index contributed by atoms with van der Waals surface area (Å²) in [6.07, 6.45) is 3.75. The van der Waals surface area contributed by atoms with Gasteiger partial charge in [0.15, 0.2) is 5.69 Å². The summed E-state index contributed by atoms with van der Waals surface area (Å²) in [5.41, 5.74) is 1.80. The van der Waals surface area contributed by atoms with Crippen LogP contribution in [0.25, 0.3) is 5.69 Å². The number of nitrogens with zero attached hydrogens (tertiary/aromatic N) is 4. The van der Waals surface area contributed by atoms with E-state index in [9.17, 15) is 14.9 Å². The van der Waals surface area contributed by atoms with Crippen LogP contribution >= 0.6 is 0 Å². The second-order valence-electron chi connectivity index (χ2n) is 8.42. The molecule has 0 unspecified atom stereocenters. The van der Waals surface area contributed by atoms with E-state index in [-0.39, 0.29) is 17.3 Å². The number of amides is 1. The standard InChI is InChI=1S/C25H29N5O5/c1-28(20-10-14-34-15-11-20)13-16-35-23-4-2-3-19(17-23)18-26-25(31)24-9-12-29(27-24)21-5-7-22(8-6-21)30(32)33/h2-9,12,17,20H,10-11,13-16,18H2,1H3,(H,26,31). The molecular formula is C25H29N5O5. The molecule has 0 radical (unpaired) electrons. The molecule has 10 nitrogen and oxygen atoms in total. The number of aromatic nitrogens is 2. The van der Waals surface area contributed by atoms with Crippen LogP contribution in [0.1, 0.15) is 28.9 Å². The predicted molar refractivity (Wildman–Crippen MR) is 130 cm³/mol. The normalized spacial score (nSPS) is 14.1. The van der Waals surface area contributed by atoms with E-state index in [2.05, 4.69) is 22.4 Å². The number of benzene rings is 2. The van der Waals surface area contributed by atoms with E-state index >= 15 is 0 Å². The van der Waals surface area contributed by atoms with E-state index in [0.717, 1.165) is 43.9 Å². The fourth-order valence-electron chi connectivity index (χ4n) is 3.95. The molecular weight excluding hydrogens is 450 g/mol. The molecule has 1 N–H and O–H groups in total. The molecule has 184 valence electrons. The van der Waals surface area contributed by atoms with Gasteiger partial charge in [0.25, 0.3) is 11.6 Å². The maximum absolute atomic E-state index is 12.6. The summed E-state index contributed by atoms with van der Waals surface area (Å²) in [5, 5.41) is 18.0. The van der Waals surface area contributed by atoms with E-state index in [0.29, 0.717) is 24.9 Å². The molecule has 4 rings (SSSR count). The number of non-ortho nitro benzene ring substituents is 1. The lowest BCUT2D eigenvalue weighted by atomic mass is 10.1. The molecule has 1 aliphatic heterocycles. The minimum atomic E-state index is -0.461. The minimum Gasteiger partial charge on any atom is -0.492 e. The molecule has 0 bridgehead atoms. The van der Waals surface area contributed by atoms with Gasteiger partial charge >= 0.3 is 0 Å². The third-order valence-electron chi connectivity index (χ3n) is 6.03. The van der Waals surface area contributed by atoms with Crippen molar-refractivity contribution < 1.29 is 19.2 Å². The Morgan fingerprint density at radius 3 is 2.74 bits per heavy atom. The summed E-state index contributed by atoms with van der Waals surface area (Å²) in [7, 11) is 2.12. The van der Waals surface area contributed by atoms with Gasteiger partial charge < -0.3 is 14.8 Å². The number of ether oxygens (including phenoxy) is 2. The minimum absolute atomic E-state index is 0.00331. The second kappa shape index (κ2) is 11.6. The van der Waals surface area contributed by atoms with Crippen LogP contribution in [0.5, 0.6) is 5.75 Å². The molecule has 2 heterocycles. The number of carbonyl (C=O) groups is 1. The Hall–Kier alpha value is -3.76. The molecule has 1 amide bonds. The van der Waals surface area contributed by atoms with Crippen molar-refractivity contribution >= 4 is 11.6 Å². The smallest absolute Gasteiger partial charge is 0.272 e. The highest BCUT2D eigenvalue weighted by atomic mass is 16.6. The first-order chi connectivity index (χ1) is 17.0. The zero-order valence-electron chi connectivity index (χ0n) is 19.6. The molecule has 0 atom stereocenters. The van der Waals surface area contributed by atoms with Crippen LogP contribution in [-0.2, 0) is 11.3 Å². The van der Waals surface area contributed by atoms with Crippen LogP contribution in [0.4, 0.5) is 5.69 Å². The Balaban J connectivity index is 1.26. The summed E-state index contributed by atoms with van der Waals surface area (Å²) in [4.78, 5) is 25.2. The van der Waals surface area contributed by atoms with E-state index in [1.165, 1.54) is 16.8 Å². The molecule has 1 aliphatic rings. The summed E-state index contributed by atoms with van der Waals surface area (Å²) >= 11 is 0. The topological polar surface area (TPSA) is 112 Å². The lowest BCUT2D eigenvalue weighted by Crippen LogP contribution is -2.38. The predicted octanol–water partition coefficient (Wildman–Crippen LogP) is 3.20. The Kier molecular flexibility index (Phi) is 8.07. The van der Waals surface area contributed by atoms with Crippen LogP contribution in [-0.4, -0.2) is 65.0 Å². The summed E-state index contributed by atoms with van der Waals surface area (Å²) in [6, 6.07) is 15.8. The summed E-state index contributed by atoms with van der Waals surface area (Å²) in [6.45, 7) is 3.40. The Bertz CT molecular complexity index is 1140. The van der Waals surface area contributed by atoms with Crippen LogP contribution < -0.4 is 10.1 Å². The van der Waals surface area contributed by atoms with Crippen molar-refractivity contribution in [3.63, 3.8) is 0 Å². The molecule has 10 heteroatoms. The van der Waals surface area contributed by atoms with E-state index in [4.69, 9.17) is 9.47 Å². The van der Waals surface area contributed by atoms with Crippen LogP contribution in [0, 0.1) is 10.1 Å². The van der Waals surface area contributed by atoms with Crippen molar-refractivity contribution in [1.82, 2.24) is 20.0 Å². The lowest BCUT2D eigenvalue weighted by molar-refractivity contribution is -0.384. The van der Waals surface area contributed by atoms with Crippen LogP contribution in [0.3, 0.4) is 0 Å². The van der Waals surface area contributed by atoms with Crippen LogP contribution in [0.2, 0.25) is 0 Å². The van der Waals surface area contributed by atoms with E-state index < -0.39 is 4.92 Å². The molecule has 1 saturated heterocycles. The highest BCUT2D eigenvalue weighted by molar-refractivity contribution is 5.92. The summed E-state index contributed by atoms with van der Waals surface area (Å²) < 4.78 is 12.9. The highest BCUT2D eigenvalue weighted by Crippen LogP contribution is 2.17. The first-order valence-corrected chi connectivity index (χ1v) is 11.6. The third kappa shape index (κ3) is 6.65. The van der Waals surface area contributed by atoms with E-state index in [1.54, 1.807) is 24.4 Å². The quantitative estimate of drug-likeness (QED) is 0.351. The number of nitrogens with one attached hydrogen (secondary N) is 1. The third-order valence-corrected chi connectivity index (χ3v) is 6.03. The number of nitro benzene ring substituents is 1. The van der Waals surface area contributed by atoms with Gasteiger partial charge in [-0.2, -0.15) is 5.10 Å². The zero-order valence-corrected chi connectivity index (χ0v) is 19.6. The van der Waals surface area contributed by atoms with Crippen molar-refractivity contribution in [2.75, 3.05) is 33.4 Å². The number of hydrogen-bond acceptors (Lipinski definition) is 7. The maximum Gasteiger partial charge on any atom is 0.272 e. The van der Waals surface area contributed by atoms with Gasteiger partial charge in [-0.1, -0.05) is 12.1 Å². The highest BCUT2D eigenvalue weighted by Gasteiger charge is 2.18. The number of carbonyl (C=O) groups excluding carboxylic acids is 1. The average Bonchev–Trinajstić information content (AvgIpc) is 3.39. The van der Waals surface area contributed by atoms with Crippen LogP contribution in [0.15, 0.2) is 60.8 Å². The fraction of sp³-hybridized carbons (Fsp3) is 0.360. The van der Waals surface area contributed by atoms with Crippen molar-refractivity contribution in [2.24, 2.45) is 0 Å². The molecule has 1 aromatic heterocycles. The van der Waals surface area contributed by atoms with Crippen molar-refractivity contribution in [1.29, 1.82) is 0 Å². The molecule has 0 saturated carbocycles. The van der Waals surface area contributed by atoms with Gasteiger partial charge in [-0.15, -0.1) is 0 Å². The Labute approximate surface area is 203 Å². The van der Waals surface area contributed by atoms with Crippen molar-refractivity contribution in [3.05, 3.63) is 82.2 Å². The fourth-order valence-corrected chi connectivity index (χ4v) is 3.95. The molecule has 0 aliphatic carbocycles. The van der Waals surface area contributed by atoms with E-state index in [1.807, 2.05) is 24.3 Å². The maximum atomic E-state index is 12.6. The largest absolute Gasteiger partial charge is 0.492 e. The van der Waals surface area contributed by atoms with Crippen molar-refractivity contribution in [2.45, 2.75) is 25.4 Å². The van der Waals surface area contributed by atoms with Gasteiger partial charge in [-0.05, 0) is 55.8 Å². The summed E-state index contributed by atoms with van der Waals surface area (Å²) in [5.74, 6) is 0.453. The van der Waals surface area contributed by atoms with Gasteiger partial charge in [0.2, 0.25) is 0 Å². The second-order valence-corrected chi connectivity index (χ2v) is 8.42. The molecule has 35 heavy (non-hydrogen) atoms. The van der Waals surface area contributed by atoms with Crippen molar-refractivity contribution in [3.8, 4) is 11.4 Å². The molecule has 1 fully saturated rings. The number of likely N-dealkylation sites (N-methyl/N-ethyl adjacent to an activating group) is 1. The Morgan fingerprint density at radius 2 is 2.00 bits per heavy atom. The molecule has 0 spiro atoms. The first kappa shape index (κ1) is 24.4. The molecule has 3 aromatic rings. The Morgan fingerprint density at radius 1 is 1.23 bits per heavy atom. The van der Waals surface area contributed by atoms with Gasteiger partial charge in [0.1, 0.15) is 12.4 Å². The van der Waals surface area contributed by atoms with Gasteiger partial charge in [0, 0.05) is 50.7 Å². The monoisotopic (exact) mass is 479 g/mol. The lowest BCUT2D eigenvalue weighted by Gasteiger charge is -2.31. The SMILES string of the molecule is CN(CCOc1cccc(CNC(=O)c2ccn(-c3ccc([N+](=O)[O-])cc3)n2)c1)C1CCOCC1. The first-order valence-electron chi connectivity index (χ1n) is 11.6. The van der Waals surface area contributed by atoms with Gasteiger partial charge in [0.05, 0.1) is 10.6 Å². The number of nitro groups is 1. The average molecular weight is 480 g/mol. The molecule has 2 aromatic carbocycles. The number of rotatable bonds is 10. The van der Waals surface area contributed by atoms with Gasteiger partial charge in [-0.25, -0.2) is 4.68 Å². The van der Waals surface area contributed by atoms with Gasteiger partial charge in [-0.3, -0.25) is 19.8 Å².